The van der Waals surface area contributed by atoms with Gasteiger partial charge in [0.15, 0.2) is 0 Å². The largest absolute Gasteiger partial charge is 0.373 e. The average Bonchev–Trinajstić information content (AvgIpc) is 2.79. The Morgan fingerprint density at radius 3 is 2.93 bits per heavy atom. The lowest BCUT2D eigenvalue weighted by molar-refractivity contribution is 0.0334. The van der Waals surface area contributed by atoms with Crippen LogP contribution in [-0.4, -0.2) is 19.3 Å². The van der Waals surface area contributed by atoms with Crippen molar-refractivity contribution in [3.8, 4) is 0 Å². The summed E-state index contributed by atoms with van der Waals surface area (Å²) in [6, 6.07) is 2.55. The molecule has 0 aliphatic carbocycles. The van der Waals surface area contributed by atoms with E-state index >= 15 is 0 Å². The van der Waals surface area contributed by atoms with Crippen LogP contribution in [-0.2, 0) is 4.74 Å². The van der Waals surface area contributed by atoms with Gasteiger partial charge in [-0.2, -0.15) is 11.3 Å². The first-order valence-corrected chi connectivity index (χ1v) is 6.10. The molecule has 1 aliphatic heterocycles. The second-order valence-electron chi connectivity index (χ2n) is 3.89. The summed E-state index contributed by atoms with van der Waals surface area (Å²) in [5.74, 6) is 0. The molecule has 2 nitrogen and oxygen atoms in total. The lowest BCUT2D eigenvalue weighted by Gasteiger charge is -2.22. The van der Waals surface area contributed by atoms with E-state index in [0.717, 1.165) is 0 Å². The van der Waals surface area contributed by atoms with E-state index < -0.39 is 0 Å². The van der Waals surface area contributed by atoms with Gasteiger partial charge in [0.2, 0.25) is 0 Å². The molecule has 0 spiro atoms. The Bertz CT molecular complexity index is 273. The highest BCUT2D eigenvalue weighted by Crippen LogP contribution is 2.30. The van der Waals surface area contributed by atoms with Crippen LogP contribution in [0.25, 0.3) is 0 Å². The van der Waals surface area contributed by atoms with Crippen LogP contribution in [0.15, 0.2) is 16.8 Å². The minimum atomic E-state index is 0.351. The van der Waals surface area contributed by atoms with Gasteiger partial charge in [-0.3, -0.25) is 0 Å². The monoisotopic (exact) mass is 211 g/mol. The van der Waals surface area contributed by atoms with Crippen molar-refractivity contribution in [3.63, 3.8) is 0 Å². The lowest BCUT2D eigenvalue weighted by Crippen LogP contribution is -2.29. The van der Waals surface area contributed by atoms with Crippen molar-refractivity contribution < 1.29 is 4.74 Å². The Morgan fingerprint density at radius 2 is 2.43 bits per heavy atom. The van der Waals surface area contributed by atoms with Gasteiger partial charge in [-0.25, -0.2) is 0 Å². The number of ether oxygens (including phenoxy) is 1. The van der Waals surface area contributed by atoms with Gasteiger partial charge < -0.3 is 10.1 Å². The van der Waals surface area contributed by atoms with Gasteiger partial charge in [0.1, 0.15) is 0 Å². The third-order valence-electron chi connectivity index (χ3n) is 2.85. The summed E-state index contributed by atoms with van der Waals surface area (Å²) in [4.78, 5) is 0. The third kappa shape index (κ3) is 2.00. The van der Waals surface area contributed by atoms with Crippen LogP contribution in [0.5, 0.6) is 0 Å². The molecular weight excluding hydrogens is 194 g/mol. The molecule has 3 heteroatoms. The zero-order valence-corrected chi connectivity index (χ0v) is 9.51. The molecule has 1 saturated heterocycles. The highest BCUT2D eigenvalue weighted by Gasteiger charge is 2.29. The van der Waals surface area contributed by atoms with Crippen molar-refractivity contribution in [2.45, 2.75) is 38.0 Å². The number of likely N-dealkylation sites (N-methyl/N-ethyl adjacent to an activating group) is 1. The van der Waals surface area contributed by atoms with E-state index in [1.807, 2.05) is 7.05 Å². The van der Waals surface area contributed by atoms with Gasteiger partial charge in [-0.15, -0.1) is 0 Å². The molecule has 1 aromatic rings. The normalized spacial score (nSPS) is 29.3. The molecule has 78 valence electrons. The van der Waals surface area contributed by atoms with E-state index in [1.54, 1.807) is 11.3 Å². The van der Waals surface area contributed by atoms with Gasteiger partial charge in [0.05, 0.1) is 18.2 Å². The molecule has 3 unspecified atom stereocenters. The summed E-state index contributed by atoms with van der Waals surface area (Å²) < 4.78 is 5.88. The zero-order valence-electron chi connectivity index (χ0n) is 8.69. The van der Waals surface area contributed by atoms with Gasteiger partial charge >= 0.3 is 0 Å². The number of rotatable bonds is 3. The quantitative estimate of drug-likeness (QED) is 0.829. The molecule has 1 aliphatic rings. The van der Waals surface area contributed by atoms with Crippen LogP contribution < -0.4 is 5.32 Å². The number of thiophene rings is 1. The zero-order chi connectivity index (χ0) is 9.97. The van der Waals surface area contributed by atoms with Gasteiger partial charge in [0.25, 0.3) is 0 Å². The van der Waals surface area contributed by atoms with Crippen LogP contribution in [0.2, 0.25) is 0 Å². The Morgan fingerprint density at radius 1 is 1.57 bits per heavy atom. The van der Waals surface area contributed by atoms with Crippen LogP contribution >= 0.6 is 11.3 Å². The SMILES string of the molecule is CNC(c1ccsc1)C1CCC(C)O1. The summed E-state index contributed by atoms with van der Waals surface area (Å²) in [6.45, 7) is 2.15. The Kier molecular flexibility index (Phi) is 3.21. The number of hydrogen-bond donors (Lipinski definition) is 1. The van der Waals surface area contributed by atoms with Crippen molar-refractivity contribution in [2.75, 3.05) is 7.05 Å². The molecule has 2 rings (SSSR count). The van der Waals surface area contributed by atoms with Gasteiger partial charge in [-0.05, 0) is 49.2 Å². The highest BCUT2D eigenvalue weighted by atomic mass is 32.1. The Hall–Kier alpha value is -0.380. The lowest BCUT2D eigenvalue weighted by atomic mass is 10.0. The van der Waals surface area contributed by atoms with Crippen molar-refractivity contribution >= 4 is 11.3 Å². The van der Waals surface area contributed by atoms with Gasteiger partial charge in [-0.1, -0.05) is 0 Å². The molecule has 1 fully saturated rings. The maximum absolute atomic E-state index is 5.88. The number of hydrogen-bond acceptors (Lipinski definition) is 3. The molecular formula is C11H17NOS. The van der Waals surface area contributed by atoms with E-state index in [-0.39, 0.29) is 0 Å². The Balaban J connectivity index is 2.07. The first-order valence-electron chi connectivity index (χ1n) is 5.16. The Labute approximate surface area is 89.3 Å². The summed E-state index contributed by atoms with van der Waals surface area (Å²) in [7, 11) is 2.01. The molecule has 2 heterocycles. The first kappa shape index (κ1) is 10.1. The van der Waals surface area contributed by atoms with Gasteiger partial charge in [0, 0.05) is 0 Å². The molecule has 0 bridgehead atoms. The van der Waals surface area contributed by atoms with Crippen LogP contribution in [0.3, 0.4) is 0 Å². The van der Waals surface area contributed by atoms with Crippen molar-refractivity contribution in [2.24, 2.45) is 0 Å². The van der Waals surface area contributed by atoms with E-state index in [2.05, 4.69) is 29.1 Å². The third-order valence-corrected chi connectivity index (χ3v) is 3.55. The maximum atomic E-state index is 5.88. The second-order valence-corrected chi connectivity index (χ2v) is 4.67. The topological polar surface area (TPSA) is 21.3 Å². The maximum Gasteiger partial charge on any atom is 0.0774 e. The van der Waals surface area contributed by atoms with Crippen LogP contribution in [0.4, 0.5) is 0 Å². The van der Waals surface area contributed by atoms with Crippen molar-refractivity contribution in [3.05, 3.63) is 22.4 Å². The molecule has 3 atom stereocenters. The summed E-state index contributed by atoms with van der Waals surface area (Å²) in [6.07, 6.45) is 3.13. The smallest absolute Gasteiger partial charge is 0.0774 e. The highest BCUT2D eigenvalue weighted by molar-refractivity contribution is 7.07. The first-order chi connectivity index (χ1) is 6.81. The summed E-state index contributed by atoms with van der Waals surface area (Å²) >= 11 is 1.75. The molecule has 0 aromatic carbocycles. The molecule has 1 N–H and O–H groups in total. The minimum absolute atomic E-state index is 0.351. The average molecular weight is 211 g/mol. The van der Waals surface area contributed by atoms with Crippen molar-refractivity contribution in [1.82, 2.24) is 5.32 Å². The van der Waals surface area contributed by atoms with E-state index in [4.69, 9.17) is 4.74 Å². The number of nitrogens with one attached hydrogen (secondary N) is 1. The minimum Gasteiger partial charge on any atom is -0.373 e. The molecule has 0 radical (unpaired) electrons. The second kappa shape index (κ2) is 4.43. The molecule has 0 saturated carbocycles. The molecule has 1 aromatic heterocycles. The van der Waals surface area contributed by atoms with Crippen LogP contribution in [0.1, 0.15) is 31.4 Å². The fourth-order valence-corrected chi connectivity index (χ4v) is 2.79. The van der Waals surface area contributed by atoms with Crippen LogP contribution in [0, 0.1) is 0 Å². The molecule has 14 heavy (non-hydrogen) atoms. The standard InChI is InChI=1S/C11H17NOS/c1-8-3-4-10(13-8)11(12-2)9-5-6-14-7-9/h5-8,10-12H,3-4H2,1-2H3. The summed E-state index contributed by atoms with van der Waals surface area (Å²) in [5, 5.41) is 7.67. The van der Waals surface area contributed by atoms with E-state index in [1.165, 1.54) is 18.4 Å². The van der Waals surface area contributed by atoms with E-state index in [9.17, 15) is 0 Å². The summed E-state index contributed by atoms with van der Waals surface area (Å²) in [5.41, 5.74) is 1.36. The van der Waals surface area contributed by atoms with E-state index in [0.29, 0.717) is 18.2 Å². The predicted molar refractivity (Wildman–Crippen MR) is 59.7 cm³/mol. The van der Waals surface area contributed by atoms with Crippen molar-refractivity contribution in [1.29, 1.82) is 0 Å². The fraction of sp³-hybridized carbons (Fsp3) is 0.636. The molecule has 0 amide bonds. The fourth-order valence-electron chi connectivity index (χ4n) is 2.10. The predicted octanol–water partition coefficient (Wildman–Crippen LogP) is 2.58.